The molecule has 0 unspecified atom stereocenters. The molecule has 2 rings (SSSR count). The summed E-state index contributed by atoms with van der Waals surface area (Å²) in [7, 11) is 0. The van der Waals surface area contributed by atoms with E-state index in [1.165, 1.54) is 0 Å². The Hall–Kier alpha value is -1.76. The van der Waals surface area contributed by atoms with Crippen molar-refractivity contribution < 1.29 is 9.53 Å². The van der Waals surface area contributed by atoms with Crippen molar-refractivity contribution in [2.45, 2.75) is 13.8 Å². The molecule has 6 nitrogen and oxygen atoms in total. The molecule has 1 saturated heterocycles. The Morgan fingerprint density at radius 1 is 1.29 bits per heavy atom. The standard InChI is InChI=1S/C17H25BrN4O2/c1-3-19-17(22-10-8-21(9-11-22)14(2)23)20-7-12-24-16-6-4-5-15(18)13-16/h4-6,13H,3,7-12H2,1-2H3,(H,19,20). The molecule has 1 aliphatic rings. The third-order valence-electron chi connectivity index (χ3n) is 3.78. The Labute approximate surface area is 152 Å². The Balaban J connectivity index is 1.83. The maximum absolute atomic E-state index is 11.4. The number of carbonyl (C=O) groups is 1. The van der Waals surface area contributed by atoms with E-state index in [1.807, 2.05) is 29.2 Å². The van der Waals surface area contributed by atoms with Gasteiger partial charge in [-0.3, -0.25) is 4.79 Å². The zero-order valence-corrected chi connectivity index (χ0v) is 15.9. The van der Waals surface area contributed by atoms with Crippen LogP contribution in [0.4, 0.5) is 0 Å². The van der Waals surface area contributed by atoms with Crippen molar-refractivity contribution in [1.82, 2.24) is 15.1 Å². The van der Waals surface area contributed by atoms with E-state index >= 15 is 0 Å². The second-order valence-corrected chi connectivity index (χ2v) is 6.45. The van der Waals surface area contributed by atoms with Gasteiger partial charge in [0, 0.05) is 44.1 Å². The Morgan fingerprint density at radius 3 is 2.62 bits per heavy atom. The van der Waals surface area contributed by atoms with Crippen molar-refractivity contribution in [2.24, 2.45) is 4.99 Å². The summed E-state index contributed by atoms with van der Waals surface area (Å²) in [6.45, 7) is 8.70. The second-order valence-electron chi connectivity index (χ2n) is 5.53. The molecule has 24 heavy (non-hydrogen) atoms. The third-order valence-corrected chi connectivity index (χ3v) is 4.27. The lowest BCUT2D eigenvalue weighted by Crippen LogP contribution is -2.53. The molecule has 0 radical (unpaired) electrons. The molecule has 0 aliphatic carbocycles. The van der Waals surface area contributed by atoms with Crippen LogP contribution in [0.5, 0.6) is 5.75 Å². The number of carbonyl (C=O) groups excluding carboxylic acids is 1. The molecule has 0 spiro atoms. The first-order valence-electron chi connectivity index (χ1n) is 8.27. The van der Waals surface area contributed by atoms with Crippen LogP contribution in [0.2, 0.25) is 0 Å². The van der Waals surface area contributed by atoms with Crippen molar-refractivity contribution in [2.75, 3.05) is 45.9 Å². The lowest BCUT2D eigenvalue weighted by Gasteiger charge is -2.36. The first kappa shape index (κ1) is 18.6. The summed E-state index contributed by atoms with van der Waals surface area (Å²) in [5.41, 5.74) is 0. The van der Waals surface area contributed by atoms with Gasteiger partial charge in [0.25, 0.3) is 0 Å². The maximum Gasteiger partial charge on any atom is 0.219 e. The van der Waals surface area contributed by atoms with E-state index in [4.69, 9.17) is 4.74 Å². The summed E-state index contributed by atoms with van der Waals surface area (Å²) in [6.07, 6.45) is 0. The fraction of sp³-hybridized carbons (Fsp3) is 0.529. The summed E-state index contributed by atoms with van der Waals surface area (Å²) in [5.74, 6) is 1.86. The van der Waals surface area contributed by atoms with Crippen molar-refractivity contribution in [3.63, 3.8) is 0 Å². The summed E-state index contributed by atoms with van der Waals surface area (Å²) < 4.78 is 6.72. The molecular formula is C17H25BrN4O2. The number of nitrogens with one attached hydrogen (secondary N) is 1. The van der Waals surface area contributed by atoms with E-state index in [0.717, 1.165) is 48.9 Å². The fourth-order valence-electron chi connectivity index (χ4n) is 2.53. The molecule has 0 bridgehead atoms. The number of benzene rings is 1. The molecule has 7 heteroatoms. The van der Waals surface area contributed by atoms with Gasteiger partial charge in [-0.05, 0) is 25.1 Å². The van der Waals surface area contributed by atoms with Crippen LogP contribution in [0.1, 0.15) is 13.8 Å². The van der Waals surface area contributed by atoms with E-state index < -0.39 is 0 Å². The monoisotopic (exact) mass is 396 g/mol. The normalized spacial score (nSPS) is 15.4. The van der Waals surface area contributed by atoms with Gasteiger partial charge in [-0.1, -0.05) is 22.0 Å². The molecule has 0 aromatic heterocycles. The summed E-state index contributed by atoms with van der Waals surface area (Å²) in [4.78, 5) is 20.1. The molecular weight excluding hydrogens is 372 g/mol. The lowest BCUT2D eigenvalue weighted by atomic mass is 10.3. The second kappa shape index (κ2) is 9.52. The number of ether oxygens (including phenoxy) is 1. The van der Waals surface area contributed by atoms with Gasteiger partial charge in [-0.25, -0.2) is 4.99 Å². The molecule has 0 atom stereocenters. The number of nitrogens with zero attached hydrogens (tertiary/aromatic N) is 3. The molecule has 1 heterocycles. The molecule has 1 aromatic carbocycles. The minimum atomic E-state index is 0.138. The van der Waals surface area contributed by atoms with Crippen molar-refractivity contribution in [1.29, 1.82) is 0 Å². The van der Waals surface area contributed by atoms with Crippen LogP contribution in [0.3, 0.4) is 0 Å². The van der Waals surface area contributed by atoms with Gasteiger partial charge >= 0.3 is 0 Å². The number of halogens is 1. The highest BCUT2D eigenvalue weighted by molar-refractivity contribution is 9.10. The third kappa shape index (κ3) is 5.70. The predicted molar refractivity (Wildman–Crippen MR) is 99.4 cm³/mol. The smallest absolute Gasteiger partial charge is 0.219 e. The first-order valence-corrected chi connectivity index (χ1v) is 9.06. The van der Waals surface area contributed by atoms with Gasteiger partial charge in [0.2, 0.25) is 5.91 Å². The van der Waals surface area contributed by atoms with E-state index in [9.17, 15) is 4.79 Å². The van der Waals surface area contributed by atoms with Crippen LogP contribution in [0, 0.1) is 0 Å². The van der Waals surface area contributed by atoms with Crippen LogP contribution < -0.4 is 10.1 Å². The molecule has 0 saturated carbocycles. The molecule has 1 aliphatic heterocycles. The predicted octanol–water partition coefficient (Wildman–Crippen LogP) is 1.96. The van der Waals surface area contributed by atoms with Crippen LogP contribution in [-0.2, 0) is 4.79 Å². The van der Waals surface area contributed by atoms with Crippen molar-refractivity contribution >= 4 is 27.8 Å². The van der Waals surface area contributed by atoms with E-state index in [-0.39, 0.29) is 5.91 Å². The number of rotatable bonds is 5. The topological polar surface area (TPSA) is 57.2 Å². The highest BCUT2D eigenvalue weighted by Gasteiger charge is 2.20. The summed E-state index contributed by atoms with van der Waals surface area (Å²) in [5, 5.41) is 3.31. The number of hydrogen-bond donors (Lipinski definition) is 1. The van der Waals surface area contributed by atoms with Gasteiger partial charge in [-0.15, -0.1) is 0 Å². The average molecular weight is 397 g/mol. The fourth-order valence-corrected chi connectivity index (χ4v) is 2.91. The van der Waals surface area contributed by atoms with E-state index in [1.54, 1.807) is 6.92 Å². The molecule has 1 aromatic rings. The zero-order chi connectivity index (χ0) is 17.4. The molecule has 132 valence electrons. The van der Waals surface area contributed by atoms with Crippen LogP contribution >= 0.6 is 15.9 Å². The zero-order valence-electron chi connectivity index (χ0n) is 14.3. The maximum atomic E-state index is 11.4. The number of aliphatic imine (C=N–C) groups is 1. The summed E-state index contributed by atoms with van der Waals surface area (Å²) >= 11 is 3.43. The van der Waals surface area contributed by atoms with Crippen molar-refractivity contribution in [3.8, 4) is 5.75 Å². The lowest BCUT2D eigenvalue weighted by molar-refractivity contribution is -0.130. The quantitative estimate of drug-likeness (QED) is 0.469. The highest BCUT2D eigenvalue weighted by atomic mass is 79.9. The number of guanidine groups is 1. The average Bonchev–Trinajstić information content (AvgIpc) is 2.58. The van der Waals surface area contributed by atoms with Gasteiger partial charge in [0.1, 0.15) is 12.4 Å². The molecule has 1 amide bonds. The molecule has 1 N–H and O–H groups in total. The van der Waals surface area contributed by atoms with Crippen molar-refractivity contribution in [3.05, 3.63) is 28.7 Å². The van der Waals surface area contributed by atoms with Gasteiger partial charge < -0.3 is 19.9 Å². The minimum Gasteiger partial charge on any atom is -0.492 e. The van der Waals surface area contributed by atoms with Gasteiger partial charge in [-0.2, -0.15) is 0 Å². The van der Waals surface area contributed by atoms with Crippen LogP contribution in [0.25, 0.3) is 0 Å². The highest BCUT2D eigenvalue weighted by Crippen LogP contribution is 2.17. The summed E-state index contributed by atoms with van der Waals surface area (Å²) in [6, 6.07) is 7.78. The Bertz CT molecular complexity index is 571. The number of hydrogen-bond acceptors (Lipinski definition) is 3. The van der Waals surface area contributed by atoms with Gasteiger partial charge in [0.05, 0.1) is 6.54 Å². The van der Waals surface area contributed by atoms with Gasteiger partial charge in [0.15, 0.2) is 5.96 Å². The molecule has 1 fully saturated rings. The number of amides is 1. The van der Waals surface area contributed by atoms with Crippen LogP contribution in [0.15, 0.2) is 33.7 Å². The Morgan fingerprint density at radius 2 is 2.00 bits per heavy atom. The van der Waals surface area contributed by atoms with Crippen LogP contribution in [-0.4, -0.2) is 67.5 Å². The largest absolute Gasteiger partial charge is 0.492 e. The number of piperazine rings is 1. The van der Waals surface area contributed by atoms with E-state index in [2.05, 4.69) is 38.1 Å². The minimum absolute atomic E-state index is 0.138. The first-order chi connectivity index (χ1) is 11.6. The Kier molecular flexibility index (Phi) is 7.36. The SMILES string of the molecule is CCNC(=NCCOc1cccc(Br)c1)N1CCN(C(C)=O)CC1. The van der Waals surface area contributed by atoms with E-state index in [0.29, 0.717) is 13.2 Å².